The molecule has 0 amide bonds. The van der Waals surface area contributed by atoms with Crippen LogP contribution < -0.4 is 5.72 Å². The van der Waals surface area contributed by atoms with E-state index in [2.05, 4.69) is 0 Å². The second-order valence-corrected chi connectivity index (χ2v) is 3.22. The van der Waals surface area contributed by atoms with E-state index < -0.39 is 0 Å². The Bertz CT molecular complexity index is 389. The van der Waals surface area contributed by atoms with E-state index in [0.29, 0.717) is 0 Å². The molecular formula is C13H13N. The van der Waals surface area contributed by atoms with Gasteiger partial charge in [0.15, 0.2) is 0 Å². The van der Waals surface area contributed by atoms with E-state index in [1.165, 1.54) is 0 Å². The van der Waals surface area contributed by atoms with E-state index in [0.717, 1.165) is 16.8 Å². The van der Waals surface area contributed by atoms with Crippen molar-refractivity contribution in [3.8, 4) is 0 Å². The number of nitrogens with two attached hydrogens (primary N) is 1. The Morgan fingerprint density at radius 2 is 1.21 bits per heavy atom. The summed E-state index contributed by atoms with van der Waals surface area (Å²) in [5, 5.41) is 0. The highest BCUT2D eigenvalue weighted by molar-refractivity contribution is 5.30. The van der Waals surface area contributed by atoms with Gasteiger partial charge >= 0.3 is 0 Å². The number of benzene rings is 2. The standard InChI is InChI=1S/C13H13N/c14-13(11-7-3-1-4-8-11)12-9-5-2-6-10-12/h1-10,13H,14H2/i/hD2. The second-order valence-electron chi connectivity index (χ2n) is 3.22. The fourth-order valence-corrected chi connectivity index (χ4v) is 1.46. The lowest BCUT2D eigenvalue weighted by molar-refractivity contribution is 0.871. The highest BCUT2D eigenvalue weighted by atomic mass is 14.6. The molecule has 1 heteroatoms. The van der Waals surface area contributed by atoms with Gasteiger partial charge in [0.05, 0.1) is 6.04 Å². The zero-order valence-electron chi connectivity index (χ0n) is 9.80. The molecule has 0 aliphatic rings. The third kappa shape index (κ3) is 1.83. The maximum absolute atomic E-state index is 7.51. The third-order valence-corrected chi connectivity index (χ3v) is 2.23. The summed E-state index contributed by atoms with van der Waals surface area (Å²) in [7, 11) is 0. The maximum Gasteiger partial charge on any atom is 0.119 e. The van der Waals surface area contributed by atoms with Crippen molar-refractivity contribution in [2.24, 2.45) is 5.72 Å². The summed E-state index contributed by atoms with van der Waals surface area (Å²) in [6, 6.07) is 19.0. The van der Waals surface area contributed by atoms with Gasteiger partial charge in [0.2, 0.25) is 0 Å². The molecule has 0 heterocycles. The molecule has 0 fully saturated rings. The van der Waals surface area contributed by atoms with Gasteiger partial charge in [-0.3, -0.25) is 0 Å². The fraction of sp³-hybridized carbons (Fsp3) is 0.0769. The Hall–Kier alpha value is -1.60. The van der Waals surface area contributed by atoms with Crippen molar-refractivity contribution < 1.29 is 2.82 Å². The van der Waals surface area contributed by atoms with Crippen molar-refractivity contribution in [1.82, 2.24) is 0 Å². The molecule has 2 aromatic rings. The summed E-state index contributed by atoms with van der Waals surface area (Å²) in [5.74, 6) is 0. The van der Waals surface area contributed by atoms with E-state index in [1.54, 1.807) is 0 Å². The number of rotatable bonds is 3. The topological polar surface area (TPSA) is 26.0 Å². The van der Waals surface area contributed by atoms with Crippen LogP contribution in [0.3, 0.4) is 0 Å². The molecule has 0 aliphatic heterocycles. The lowest BCUT2D eigenvalue weighted by Crippen LogP contribution is -2.11. The molecule has 0 radical (unpaired) electrons. The van der Waals surface area contributed by atoms with Crippen LogP contribution in [0, 0.1) is 0 Å². The van der Waals surface area contributed by atoms with Gasteiger partial charge in [-0.2, -0.15) is 0 Å². The molecule has 14 heavy (non-hydrogen) atoms. The Balaban J connectivity index is 2.40. The molecule has 2 N–H and O–H groups in total. The van der Waals surface area contributed by atoms with Gasteiger partial charge in [-0.1, -0.05) is 60.7 Å². The Labute approximate surface area is 87.1 Å². The molecule has 0 atom stereocenters. The van der Waals surface area contributed by atoms with Crippen LogP contribution in [0.1, 0.15) is 17.2 Å². The lowest BCUT2D eigenvalue weighted by Gasteiger charge is -2.11. The van der Waals surface area contributed by atoms with Gasteiger partial charge in [-0.15, -0.1) is 0 Å². The Kier molecular flexibility index (Phi) is 1.98. The number of hydrogen-bond donors (Lipinski definition) is 1. The van der Waals surface area contributed by atoms with Gasteiger partial charge in [0.1, 0.15) is 2.82 Å². The Morgan fingerprint density at radius 1 is 0.786 bits per heavy atom. The van der Waals surface area contributed by atoms with Gasteiger partial charge in [0.25, 0.3) is 0 Å². The lowest BCUT2D eigenvalue weighted by atomic mass is 10.00. The van der Waals surface area contributed by atoms with Crippen molar-refractivity contribution in [2.75, 3.05) is 0 Å². The molecule has 70 valence electrons. The van der Waals surface area contributed by atoms with E-state index in [1.807, 2.05) is 60.7 Å². The minimum absolute atomic E-state index is 0.331. The molecule has 0 saturated heterocycles. The molecule has 0 unspecified atom stereocenters. The van der Waals surface area contributed by atoms with Crippen LogP contribution >= 0.6 is 0 Å². The molecule has 0 saturated carbocycles. The fourth-order valence-electron chi connectivity index (χ4n) is 1.46. The highest BCUT2D eigenvalue weighted by Crippen LogP contribution is 2.18. The SMILES string of the molecule is [2H]N([2H])C(c1ccccc1)c1ccccc1. The monoisotopic (exact) mass is 185 g/mol. The van der Waals surface area contributed by atoms with Crippen LogP contribution in [-0.4, -0.2) is 0 Å². The zero-order valence-corrected chi connectivity index (χ0v) is 7.80. The van der Waals surface area contributed by atoms with Crippen LogP contribution in [-0.2, 0) is 0 Å². The maximum atomic E-state index is 7.51. The summed E-state index contributed by atoms with van der Waals surface area (Å²) in [6.45, 7) is 0. The van der Waals surface area contributed by atoms with Crippen molar-refractivity contribution >= 4 is 0 Å². The molecule has 0 bridgehead atoms. The zero-order chi connectivity index (χ0) is 11.4. The summed E-state index contributed by atoms with van der Waals surface area (Å²) >= 11 is 0. The summed E-state index contributed by atoms with van der Waals surface area (Å²) < 4.78 is 15.0. The van der Waals surface area contributed by atoms with Crippen LogP contribution in [0.4, 0.5) is 0 Å². The van der Waals surface area contributed by atoms with Crippen molar-refractivity contribution in [2.45, 2.75) is 6.04 Å². The van der Waals surface area contributed by atoms with E-state index >= 15 is 0 Å². The Morgan fingerprint density at radius 3 is 1.57 bits per heavy atom. The first-order valence-corrected chi connectivity index (χ1v) is 4.66. The largest absolute Gasteiger partial charge is 0.320 e. The first-order valence-electron chi connectivity index (χ1n) is 5.55. The van der Waals surface area contributed by atoms with E-state index in [4.69, 9.17) is 2.82 Å². The minimum atomic E-state index is -0.331. The predicted octanol–water partition coefficient (Wildman–Crippen LogP) is 2.73. The van der Waals surface area contributed by atoms with Crippen LogP contribution in [0.15, 0.2) is 60.7 Å². The molecular weight excluding hydrogens is 170 g/mol. The smallest absolute Gasteiger partial charge is 0.119 e. The summed E-state index contributed by atoms with van der Waals surface area (Å²) in [5.41, 5.74) is 2.66. The first-order chi connectivity index (χ1) is 7.79. The quantitative estimate of drug-likeness (QED) is 0.781. The van der Waals surface area contributed by atoms with Crippen molar-refractivity contribution in [3.05, 3.63) is 71.8 Å². The van der Waals surface area contributed by atoms with Gasteiger partial charge in [-0.05, 0) is 11.1 Å². The minimum Gasteiger partial charge on any atom is -0.320 e. The highest BCUT2D eigenvalue weighted by Gasteiger charge is 2.06. The second kappa shape index (κ2) is 4.07. The average molecular weight is 185 g/mol. The van der Waals surface area contributed by atoms with Gasteiger partial charge in [0, 0.05) is 0 Å². The molecule has 2 rings (SSSR count). The molecule has 1 nitrogen and oxygen atoms in total. The van der Waals surface area contributed by atoms with Crippen LogP contribution in [0.2, 0.25) is 2.82 Å². The molecule has 2 aromatic carbocycles. The van der Waals surface area contributed by atoms with Crippen LogP contribution in [0.5, 0.6) is 0 Å². The van der Waals surface area contributed by atoms with Gasteiger partial charge in [-0.25, -0.2) is 0 Å². The molecule has 0 aromatic heterocycles. The van der Waals surface area contributed by atoms with Crippen molar-refractivity contribution in [1.29, 1.82) is 0 Å². The summed E-state index contributed by atoms with van der Waals surface area (Å²) in [4.78, 5) is 0. The average Bonchev–Trinajstić information content (AvgIpc) is 2.31. The molecule has 0 aliphatic carbocycles. The van der Waals surface area contributed by atoms with E-state index in [9.17, 15) is 0 Å². The third-order valence-electron chi connectivity index (χ3n) is 2.23. The summed E-state index contributed by atoms with van der Waals surface area (Å²) in [6.07, 6.45) is 0. The molecule has 0 spiro atoms. The van der Waals surface area contributed by atoms with E-state index in [-0.39, 0.29) is 6.04 Å². The number of hydrogen-bond acceptors (Lipinski definition) is 1. The van der Waals surface area contributed by atoms with Crippen LogP contribution in [0.25, 0.3) is 0 Å². The first kappa shape index (κ1) is 6.80. The normalized spacial score (nSPS) is 12.7. The predicted molar refractivity (Wildman–Crippen MR) is 58.9 cm³/mol. The van der Waals surface area contributed by atoms with Gasteiger partial charge < -0.3 is 5.72 Å². The van der Waals surface area contributed by atoms with Crippen molar-refractivity contribution in [3.63, 3.8) is 0 Å².